The van der Waals surface area contributed by atoms with E-state index in [9.17, 15) is 4.79 Å². The number of carbonyl (C=O) groups is 1. The standard InChI is InChI=1S/C17H14ClN3O3/c18-13-8-6-11(7-9-13)4-5-12-2-1-3-14(10-12)24-16-15(17(22)23)19-21-20-16/h1-3,6-10,15-16,19-21H,(H,22,23). The van der Waals surface area contributed by atoms with Gasteiger partial charge >= 0.3 is 5.97 Å². The van der Waals surface area contributed by atoms with Crippen LogP contribution in [-0.4, -0.2) is 23.3 Å². The Kier molecular flexibility index (Phi) is 4.99. The molecule has 0 aromatic heterocycles. The lowest BCUT2D eigenvalue weighted by Gasteiger charge is -2.16. The number of hydrazine groups is 2. The molecule has 1 fully saturated rings. The van der Waals surface area contributed by atoms with Crippen LogP contribution in [0.5, 0.6) is 5.75 Å². The molecular weight excluding hydrogens is 330 g/mol. The topological polar surface area (TPSA) is 82.6 Å². The summed E-state index contributed by atoms with van der Waals surface area (Å²) in [6.07, 6.45) is -0.734. The Bertz CT molecular complexity index is 799. The largest absolute Gasteiger partial charge is 0.480 e. The van der Waals surface area contributed by atoms with E-state index in [0.717, 1.165) is 11.1 Å². The number of carboxylic acid groups (broad SMARTS) is 1. The minimum atomic E-state index is -1.02. The molecule has 24 heavy (non-hydrogen) atoms. The van der Waals surface area contributed by atoms with Crippen LogP contribution in [0.3, 0.4) is 0 Å². The third-order valence-corrected chi connectivity index (χ3v) is 3.56. The molecule has 2 atom stereocenters. The molecule has 1 saturated heterocycles. The predicted molar refractivity (Wildman–Crippen MR) is 89.1 cm³/mol. The van der Waals surface area contributed by atoms with Crippen LogP contribution in [0.15, 0.2) is 48.5 Å². The molecule has 2 aromatic rings. The lowest BCUT2D eigenvalue weighted by atomic mass is 10.2. The Morgan fingerprint density at radius 1 is 1.08 bits per heavy atom. The van der Waals surface area contributed by atoms with Gasteiger partial charge in [-0.2, -0.15) is 5.53 Å². The van der Waals surface area contributed by atoms with Crippen molar-refractivity contribution in [1.82, 2.24) is 16.4 Å². The molecule has 1 aliphatic rings. The molecule has 6 nitrogen and oxygen atoms in total. The molecule has 3 rings (SSSR count). The Hall–Kier alpha value is -2.56. The number of nitrogens with one attached hydrogen (secondary N) is 3. The van der Waals surface area contributed by atoms with Crippen LogP contribution in [0.25, 0.3) is 0 Å². The van der Waals surface area contributed by atoms with Crippen molar-refractivity contribution in [3.8, 4) is 17.6 Å². The first-order chi connectivity index (χ1) is 11.6. The summed E-state index contributed by atoms with van der Waals surface area (Å²) in [6.45, 7) is 0. The van der Waals surface area contributed by atoms with Gasteiger partial charge in [-0.1, -0.05) is 29.5 Å². The maximum Gasteiger partial charge on any atom is 0.327 e. The molecule has 0 aliphatic carbocycles. The second kappa shape index (κ2) is 7.34. The van der Waals surface area contributed by atoms with Crippen LogP contribution in [0.4, 0.5) is 0 Å². The molecule has 0 bridgehead atoms. The van der Waals surface area contributed by atoms with E-state index in [0.29, 0.717) is 10.8 Å². The molecule has 1 aliphatic heterocycles. The summed E-state index contributed by atoms with van der Waals surface area (Å²) < 4.78 is 5.66. The van der Waals surface area contributed by atoms with Gasteiger partial charge in [-0.05, 0) is 42.5 Å². The van der Waals surface area contributed by atoms with E-state index in [1.807, 2.05) is 18.2 Å². The number of rotatable bonds is 3. The Balaban J connectivity index is 1.73. The molecular formula is C17H14ClN3O3. The SMILES string of the molecule is O=C(O)C1NNNC1Oc1cccc(C#Cc2ccc(Cl)cc2)c1. The highest BCUT2D eigenvalue weighted by atomic mass is 35.5. The number of ether oxygens (including phenoxy) is 1. The van der Waals surface area contributed by atoms with E-state index in [2.05, 4.69) is 28.2 Å². The number of carboxylic acids is 1. The fourth-order valence-corrected chi connectivity index (χ4v) is 2.24. The average Bonchev–Trinajstić information content (AvgIpc) is 3.03. The van der Waals surface area contributed by atoms with E-state index < -0.39 is 18.2 Å². The zero-order valence-corrected chi connectivity index (χ0v) is 13.2. The molecule has 2 unspecified atom stereocenters. The van der Waals surface area contributed by atoms with Crippen molar-refractivity contribution in [2.45, 2.75) is 12.3 Å². The second-order valence-electron chi connectivity index (χ2n) is 5.05. The molecule has 0 amide bonds. The van der Waals surface area contributed by atoms with Crippen molar-refractivity contribution >= 4 is 17.6 Å². The number of hydrogen-bond donors (Lipinski definition) is 4. The number of hydrogen-bond acceptors (Lipinski definition) is 5. The molecule has 2 aromatic carbocycles. The van der Waals surface area contributed by atoms with Crippen LogP contribution >= 0.6 is 11.6 Å². The van der Waals surface area contributed by atoms with Crippen LogP contribution in [0, 0.1) is 11.8 Å². The first kappa shape index (κ1) is 16.3. The van der Waals surface area contributed by atoms with E-state index in [-0.39, 0.29) is 0 Å². The highest BCUT2D eigenvalue weighted by Gasteiger charge is 2.34. The van der Waals surface area contributed by atoms with Crippen LogP contribution in [0.2, 0.25) is 5.02 Å². The molecule has 4 N–H and O–H groups in total. The zero-order chi connectivity index (χ0) is 16.9. The van der Waals surface area contributed by atoms with Crippen molar-refractivity contribution < 1.29 is 14.6 Å². The average molecular weight is 344 g/mol. The van der Waals surface area contributed by atoms with Crippen LogP contribution in [-0.2, 0) is 4.79 Å². The van der Waals surface area contributed by atoms with Crippen molar-refractivity contribution in [1.29, 1.82) is 0 Å². The van der Waals surface area contributed by atoms with E-state index >= 15 is 0 Å². The first-order valence-electron chi connectivity index (χ1n) is 7.15. The molecule has 1 heterocycles. The summed E-state index contributed by atoms with van der Waals surface area (Å²) in [7, 11) is 0. The lowest BCUT2D eigenvalue weighted by molar-refractivity contribution is -0.141. The summed E-state index contributed by atoms with van der Waals surface area (Å²) >= 11 is 5.84. The fraction of sp³-hybridized carbons (Fsp3) is 0.118. The van der Waals surface area contributed by atoms with Crippen LogP contribution in [0.1, 0.15) is 11.1 Å². The molecule has 7 heteroatoms. The highest BCUT2D eigenvalue weighted by molar-refractivity contribution is 6.30. The number of halogens is 1. The van der Waals surface area contributed by atoms with Crippen molar-refractivity contribution in [3.63, 3.8) is 0 Å². The maximum absolute atomic E-state index is 11.1. The first-order valence-corrected chi connectivity index (χ1v) is 7.53. The van der Waals surface area contributed by atoms with Crippen molar-refractivity contribution in [2.75, 3.05) is 0 Å². The minimum absolute atomic E-state index is 0.521. The third kappa shape index (κ3) is 4.04. The van der Waals surface area contributed by atoms with Gasteiger partial charge in [0.1, 0.15) is 5.75 Å². The monoisotopic (exact) mass is 343 g/mol. The molecule has 0 saturated carbocycles. The van der Waals surface area contributed by atoms with Crippen molar-refractivity contribution in [2.24, 2.45) is 0 Å². The summed E-state index contributed by atoms with van der Waals surface area (Å²) in [4.78, 5) is 11.1. The van der Waals surface area contributed by atoms with Crippen LogP contribution < -0.4 is 21.1 Å². The van der Waals surface area contributed by atoms with Gasteiger partial charge in [0, 0.05) is 16.1 Å². The predicted octanol–water partition coefficient (Wildman–Crippen LogP) is 1.51. The van der Waals surface area contributed by atoms with Gasteiger partial charge in [0.05, 0.1) is 0 Å². The summed E-state index contributed by atoms with van der Waals surface area (Å²) in [5.74, 6) is 5.58. The van der Waals surface area contributed by atoms with E-state index in [4.69, 9.17) is 21.4 Å². The maximum atomic E-state index is 11.1. The smallest absolute Gasteiger partial charge is 0.327 e. The van der Waals surface area contributed by atoms with Gasteiger partial charge in [-0.3, -0.25) is 4.79 Å². The number of aliphatic carboxylic acids is 1. The Morgan fingerprint density at radius 3 is 2.58 bits per heavy atom. The van der Waals surface area contributed by atoms with Gasteiger partial charge in [0.15, 0.2) is 12.3 Å². The fourth-order valence-electron chi connectivity index (χ4n) is 2.11. The number of benzene rings is 2. The summed E-state index contributed by atoms with van der Waals surface area (Å²) in [6, 6.07) is 13.5. The Morgan fingerprint density at radius 2 is 1.83 bits per heavy atom. The van der Waals surface area contributed by atoms with Gasteiger partial charge in [-0.25, -0.2) is 10.9 Å². The third-order valence-electron chi connectivity index (χ3n) is 3.30. The zero-order valence-electron chi connectivity index (χ0n) is 12.4. The lowest BCUT2D eigenvalue weighted by Crippen LogP contribution is -2.44. The molecule has 122 valence electrons. The quantitative estimate of drug-likeness (QED) is 0.632. The van der Waals surface area contributed by atoms with Gasteiger partial charge in [-0.15, -0.1) is 0 Å². The van der Waals surface area contributed by atoms with Gasteiger partial charge in [0.25, 0.3) is 0 Å². The van der Waals surface area contributed by atoms with E-state index in [1.165, 1.54) is 0 Å². The minimum Gasteiger partial charge on any atom is -0.480 e. The van der Waals surface area contributed by atoms with E-state index in [1.54, 1.807) is 30.3 Å². The normalized spacial score (nSPS) is 19.4. The molecule has 0 radical (unpaired) electrons. The Labute approximate surface area is 143 Å². The van der Waals surface area contributed by atoms with Gasteiger partial charge in [0.2, 0.25) is 0 Å². The summed E-state index contributed by atoms with van der Waals surface area (Å²) in [5, 5.41) is 9.75. The second-order valence-corrected chi connectivity index (χ2v) is 5.49. The van der Waals surface area contributed by atoms with Crippen molar-refractivity contribution in [3.05, 3.63) is 64.7 Å². The highest BCUT2D eigenvalue weighted by Crippen LogP contribution is 2.16. The summed E-state index contributed by atoms with van der Waals surface area (Å²) in [5.41, 5.74) is 9.43. The molecule has 0 spiro atoms. The van der Waals surface area contributed by atoms with Gasteiger partial charge < -0.3 is 9.84 Å².